The largest absolute Gasteiger partial charge is 0.493 e. The van der Waals surface area contributed by atoms with Gasteiger partial charge in [0.15, 0.2) is 11.6 Å². The first-order valence-corrected chi connectivity index (χ1v) is 17.6. The summed E-state index contributed by atoms with van der Waals surface area (Å²) in [5, 5.41) is 16.1. The summed E-state index contributed by atoms with van der Waals surface area (Å²) < 4.78 is 16.1. The van der Waals surface area contributed by atoms with E-state index in [2.05, 4.69) is 29.2 Å². The van der Waals surface area contributed by atoms with Crippen LogP contribution in [0.1, 0.15) is 89.9 Å². The van der Waals surface area contributed by atoms with Gasteiger partial charge < -0.3 is 30.0 Å². The second-order valence-corrected chi connectivity index (χ2v) is 12.0. The van der Waals surface area contributed by atoms with Crippen LogP contribution in [0.25, 0.3) is 0 Å². The molecule has 9 heteroatoms. The third-order valence-corrected chi connectivity index (χ3v) is 7.99. The lowest BCUT2D eigenvalue weighted by Crippen LogP contribution is -2.25. The molecule has 3 aromatic rings. The van der Waals surface area contributed by atoms with Crippen molar-refractivity contribution < 1.29 is 33.7 Å². The number of rotatable bonds is 11. The van der Waals surface area contributed by atoms with E-state index in [0.717, 1.165) is 33.6 Å². The average molecular weight is 697 g/mol. The quantitative estimate of drug-likeness (QED) is 0.168. The highest BCUT2D eigenvalue weighted by molar-refractivity contribution is 6.34. The molecule has 0 spiro atoms. The summed E-state index contributed by atoms with van der Waals surface area (Å²) in [6.07, 6.45) is 9.17. The van der Waals surface area contributed by atoms with Gasteiger partial charge in [0.1, 0.15) is 18.1 Å². The average Bonchev–Trinajstić information content (AvgIpc) is 3.37. The highest BCUT2D eigenvalue weighted by Crippen LogP contribution is 2.42. The number of fused-ring (bicyclic) bond motifs is 2. The second-order valence-electron chi connectivity index (χ2n) is 12.0. The number of hydrogen-bond donors (Lipinski definition) is 3. The van der Waals surface area contributed by atoms with Crippen molar-refractivity contribution in [1.29, 1.82) is 0 Å². The molecule has 9 nitrogen and oxygen atoms in total. The minimum atomic E-state index is -0.347. The van der Waals surface area contributed by atoms with E-state index in [-0.39, 0.29) is 43.8 Å². The van der Waals surface area contributed by atoms with Crippen LogP contribution in [-0.4, -0.2) is 49.6 Å². The lowest BCUT2D eigenvalue weighted by Gasteiger charge is -2.26. The van der Waals surface area contributed by atoms with E-state index in [1.165, 1.54) is 13.5 Å². The Morgan fingerprint density at radius 1 is 0.765 bits per heavy atom. The fourth-order valence-corrected chi connectivity index (χ4v) is 5.79. The number of aliphatic hydroxyl groups excluding tert-OH is 1. The Labute approximate surface area is 302 Å². The van der Waals surface area contributed by atoms with Gasteiger partial charge >= 0.3 is 5.97 Å². The van der Waals surface area contributed by atoms with Gasteiger partial charge in [0.2, 0.25) is 0 Å². The third-order valence-electron chi connectivity index (χ3n) is 7.99. The number of benzene rings is 3. The number of aliphatic hydroxyl groups is 1. The van der Waals surface area contributed by atoms with E-state index in [0.29, 0.717) is 51.6 Å². The van der Waals surface area contributed by atoms with Crippen LogP contribution in [0, 0.1) is 27.7 Å². The fraction of sp³-hybridized carbons (Fsp3) is 0.357. The molecule has 5 rings (SSSR count). The van der Waals surface area contributed by atoms with E-state index < -0.39 is 0 Å². The molecule has 0 radical (unpaired) electrons. The summed E-state index contributed by atoms with van der Waals surface area (Å²) in [6.45, 7) is 16.3. The maximum Gasteiger partial charge on any atom is 0.308 e. The van der Waals surface area contributed by atoms with Gasteiger partial charge in [-0.05, 0) is 92.8 Å². The summed E-state index contributed by atoms with van der Waals surface area (Å²) >= 11 is 0. The molecule has 0 atom stereocenters. The first-order valence-electron chi connectivity index (χ1n) is 17.6. The summed E-state index contributed by atoms with van der Waals surface area (Å²) in [5.41, 5.74) is 7.48. The SMILES string of the molecule is CC.CCC.COC(=O)CCOc1cc(C)c(Nc2ccc(Nc3c(C)cc(OCCO)cc3C)c3c2C(=O)C2=CC=CCC=C2C3=O)c(C)c1. The molecule has 0 heterocycles. The number of hydrogen-bond acceptors (Lipinski definition) is 9. The predicted molar refractivity (Wildman–Crippen MR) is 205 cm³/mol. The highest BCUT2D eigenvalue weighted by Gasteiger charge is 2.37. The van der Waals surface area contributed by atoms with Gasteiger partial charge in [0, 0.05) is 22.5 Å². The van der Waals surface area contributed by atoms with E-state index in [1.807, 2.05) is 90.1 Å². The number of nitrogens with one attached hydrogen (secondary N) is 2. The molecule has 0 fully saturated rings. The number of Topliss-reactive ketones (excluding diaryl/α,β-unsaturated/α-hetero) is 2. The number of aryl methyl sites for hydroxylation is 4. The zero-order valence-corrected chi connectivity index (χ0v) is 31.4. The number of carbonyl (C=O) groups excluding carboxylic acids is 3. The van der Waals surface area contributed by atoms with Crippen molar-refractivity contribution in [2.75, 3.05) is 37.6 Å². The van der Waals surface area contributed by atoms with E-state index in [4.69, 9.17) is 14.6 Å². The van der Waals surface area contributed by atoms with Crippen molar-refractivity contribution in [3.8, 4) is 11.5 Å². The fourth-order valence-electron chi connectivity index (χ4n) is 5.79. The van der Waals surface area contributed by atoms with Gasteiger partial charge in [-0.3, -0.25) is 14.4 Å². The third kappa shape index (κ3) is 9.76. The molecule has 0 bridgehead atoms. The molecule has 51 heavy (non-hydrogen) atoms. The highest BCUT2D eigenvalue weighted by atomic mass is 16.5. The molecule has 0 unspecified atom stereocenters. The normalized spacial score (nSPS) is 12.7. The zero-order chi connectivity index (χ0) is 37.7. The van der Waals surface area contributed by atoms with Gasteiger partial charge in [0.05, 0.1) is 49.2 Å². The van der Waals surface area contributed by atoms with E-state index in [1.54, 1.807) is 12.2 Å². The summed E-state index contributed by atoms with van der Waals surface area (Å²) in [7, 11) is 1.34. The number of esters is 1. The number of ketones is 2. The van der Waals surface area contributed by atoms with E-state index >= 15 is 0 Å². The first-order chi connectivity index (χ1) is 24.5. The van der Waals surface area contributed by atoms with Crippen LogP contribution in [0.2, 0.25) is 0 Å². The van der Waals surface area contributed by atoms with Crippen molar-refractivity contribution in [2.45, 2.75) is 74.7 Å². The van der Waals surface area contributed by atoms with Crippen LogP contribution in [0.5, 0.6) is 11.5 Å². The molecule has 2 aliphatic carbocycles. The standard InChI is InChI=1S/C37H38N2O7.C3H8.C2H6/c1-21-17-25(45-15-13-31(41)44-5)18-22(2)34(21)38-29-11-12-30(39-35-23(3)19-26(20-24(35)4)46-16-14-40)33-32(29)36(42)27-9-7-6-8-10-28(27)37(33)43;1-3-2;1-2/h6-7,9-12,17-20,38-40H,8,13-16H2,1-5H3;3H2,1-2H3;1-2H3. The molecule has 0 aromatic heterocycles. The number of ether oxygens (including phenoxy) is 3. The molecule has 2 aliphatic rings. The number of allylic oxidation sites excluding steroid dienone is 6. The Morgan fingerprint density at radius 3 is 1.67 bits per heavy atom. The van der Waals surface area contributed by atoms with Crippen LogP contribution in [0.3, 0.4) is 0 Å². The molecule has 0 saturated heterocycles. The Balaban J connectivity index is 0.00000133. The maximum absolute atomic E-state index is 14.2. The minimum absolute atomic E-state index is 0.0867. The van der Waals surface area contributed by atoms with Crippen molar-refractivity contribution in [3.63, 3.8) is 0 Å². The lowest BCUT2D eigenvalue weighted by atomic mass is 9.80. The van der Waals surface area contributed by atoms with Crippen LogP contribution in [-0.2, 0) is 9.53 Å². The smallest absolute Gasteiger partial charge is 0.308 e. The maximum atomic E-state index is 14.2. The number of methoxy groups -OCH3 is 1. The molecule has 0 amide bonds. The lowest BCUT2D eigenvalue weighted by molar-refractivity contribution is -0.141. The topological polar surface area (TPSA) is 123 Å². The summed E-state index contributed by atoms with van der Waals surface area (Å²) in [6, 6.07) is 11.1. The summed E-state index contributed by atoms with van der Waals surface area (Å²) in [4.78, 5) is 39.9. The zero-order valence-electron chi connectivity index (χ0n) is 31.4. The van der Waals surface area contributed by atoms with Crippen LogP contribution < -0.4 is 20.1 Å². The molecule has 0 saturated carbocycles. The molecular weight excluding hydrogens is 644 g/mol. The van der Waals surface area contributed by atoms with E-state index in [9.17, 15) is 14.4 Å². The molecule has 3 aromatic carbocycles. The van der Waals surface area contributed by atoms with Crippen molar-refractivity contribution in [1.82, 2.24) is 0 Å². The first kappa shape index (κ1) is 40.3. The van der Waals surface area contributed by atoms with Gasteiger partial charge in [-0.15, -0.1) is 0 Å². The van der Waals surface area contributed by atoms with Crippen LogP contribution >= 0.6 is 0 Å². The molecular formula is C42H52N2O7. The molecule has 272 valence electrons. The Morgan fingerprint density at radius 2 is 1.22 bits per heavy atom. The minimum Gasteiger partial charge on any atom is -0.493 e. The summed E-state index contributed by atoms with van der Waals surface area (Å²) in [5.74, 6) is 0.440. The van der Waals surface area contributed by atoms with Gasteiger partial charge in [-0.1, -0.05) is 58.4 Å². The Hall–Kier alpha value is -5.15. The van der Waals surface area contributed by atoms with Gasteiger partial charge in [0.25, 0.3) is 0 Å². The van der Waals surface area contributed by atoms with Gasteiger partial charge in [-0.2, -0.15) is 0 Å². The van der Waals surface area contributed by atoms with Crippen LogP contribution in [0.4, 0.5) is 22.7 Å². The predicted octanol–water partition coefficient (Wildman–Crippen LogP) is 9.35. The Bertz CT molecular complexity index is 1790. The van der Waals surface area contributed by atoms with Crippen molar-refractivity contribution in [3.05, 3.63) is 105 Å². The number of carbonyl (C=O) groups is 3. The van der Waals surface area contributed by atoms with Crippen molar-refractivity contribution in [2.24, 2.45) is 0 Å². The van der Waals surface area contributed by atoms with Crippen molar-refractivity contribution >= 4 is 40.3 Å². The number of anilines is 4. The Kier molecular flexibility index (Phi) is 15.2. The molecule has 3 N–H and O–H groups in total. The molecule has 0 aliphatic heterocycles. The second kappa shape index (κ2) is 19.3. The van der Waals surface area contributed by atoms with Crippen LogP contribution in [0.15, 0.2) is 71.8 Å². The van der Waals surface area contributed by atoms with Gasteiger partial charge in [-0.25, -0.2) is 0 Å². The monoisotopic (exact) mass is 696 g/mol.